The first-order chi connectivity index (χ1) is 14.9. The Bertz CT molecular complexity index is 1080. The predicted molar refractivity (Wildman–Crippen MR) is 114 cm³/mol. The first-order valence-electron chi connectivity index (χ1n) is 8.89. The van der Waals surface area contributed by atoms with Gasteiger partial charge in [-0.2, -0.15) is 0 Å². The van der Waals surface area contributed by atoms with Crippen LogP contribution >= 0.6 is 0 Å². The molecule has 0 unspecified atom stereocenters. The molecule has 0 aliphatic carbocycles. The molecule has 11 nitrogen and oxygen atoms in total. The first kappa shape index (κ1) is 26.3. The van der Waals surface area contributed by atoms with Gasteiger partial charge in [-0.15, -0.1) is 0 Å². The Labute approximate surface area is 184 Å². The summed E-state index contributed by atoms with van der Waals surface area (Å²) in [7, 11) is 0.194. The van der Waals surface area contributed by atoms with Gasteiger partial charge in [-0.1, -0.05) is 12.1 Å². The highest BCUT2D eigenvalue weighted by atomic mass is 32.2. The van der Waals surface area contributed by atoms with Gasteiger partial charge in [-0.3, -0.25) is 10.0 Å². The lowest BCUT2D eigenvalue weighted by atomic mass is 10.2. The number of nitrogens with one attached hydrogen (secondary N) is 1. The van der Waals surface area contributed by atoms with E-state index in [9.17, 15) is 22.8 Å². The van der Waals surface area contributed by atoms with E-state index in [1.165, 1.54) is 23.9 Å². The second-order valence-electron chi connectivity index (χ2n) is 6.48. The number of hydrogen-bond acceptors (Lipinski definition) is 7. The maximum absolute atomic E-state index is 12.6. The number of hydrogen-bond donors (Lipinski definition) is 4. The van der Waals surface area contributed by atoms with Gasteiger partial charge in [0.15, 0.2) is 0 Å². The summed E-state index contributed by atoms with van der Waals surface area (Å²) >= 11 is 0. The maximum atomic E-state index is 12.6. The zero-order chi connectivity index (χ0) is 24.3. The molecule has 172 valence electrons. The monoisotopic (exact) mass is 465 g/mol. The fourth-order valence-corrected chi connectivity index (χ4v) is 3.45. The third kappa shape index (κ3) is 8.95. The van der Waals surface area contributed by atoms with Gasteiger partial charge in [0.25, 0.3) is 15.9 Å². The Hall–Kier alpha value is -3.74. The molecule has 2 rings (SSSR count). The van der Waals surface area contributed by atoms with E-state index < -0.39 is 27.9 Å². The van der Waals surface area contributed by atoms with Crippen LogP contribution in [0.15, 0.2) is 65.8 Å². The van der Waals surface area contributed by atoms with Crippen LogP contribution in [0, 0.1) is 0 Å². The smallest absolute Gasteiger partial charge is 0.328 e. The van der Waals surface area contributed by atoms with Crippen molar-refractivity contribution in [3.8, 4) is 0 Å². The second kappa shape index (κ2) is 12.2. The van der Waals surface area contributed by atoms with E-state index in [1.807, 2.05) is 19.0 Å². The van der Waals surface area contributed by atoms with Gasteiger partial charge in [-0.05, 0) is 49.5 Å². The Kier molecular flexibility index (Phi) is 10.0. The molecule has 0 saturated carbocycles. The fraction of sp³-hybridized carbons (Fsp3) is 0.150. The lowest BCUT2D eigenvalue weighted by Crippen LogP contribution is -2.14. The number of carbonyl (C=O) groups excluding carboxylic acids is 1. The molecular formula is C20H23N3O8S. The lowest BCUT2D eigenvalue weighted by molar-refractivity contribution is -0.134. The molecule has 0 radical (unpaired) electrons. The number of hydroxylamine groups is 1. The largest absolute Gasteiger partial charge is 0.478 e. The molecule has 0 saturated heterocycles. The SMILES string of the molecule is CN(C)Cc1ccc(S(=O)(=O)n2ccc(C=CC(=O)NO)c2)cc1.O=C(O)C=CC(=O)O. The Morgan fingerprint density at radius 3 is 2.03 bits per heavy atom. The Balaban J connectivity index is 0.000000547. The van der Waals surface area contributed by atoms with Gasteiger partial charge in [-0.25, -0.2) is 27.5 Å². The van der Waals surface area contributed by atoms with Crippen LogP contribution in [0.2, 0.25) is 0 Å². The van der Waals surface area contributed by atoms with Crippen molar-refractivity contribution in [2.75, 3.05) is 14.1 Å². The number of carbonyl (C=O) groups is 3. The van der Waals surface area contributed by atoms with Gasteiger partial charge in [0.2, 0.25) is 0 Å². The van der Waals surface area contributed by atoms with Crippen molar-refractivity contribution >= 4 is 33.9 Å². The number of aromatic nitrogens is 1. The minimum absolute atomic E-state index is 0.184. The lowest BCUT2D eigenvalue weighted by Gasteiger charge is -2.10. The molecule has 1 aromatic heterocycles. The van der Waals surface area contributed by atoms with E-state index in [0.717, 1.165) is 22.2 Å². The van der Waals surface area contributed by atoms with Crippen molar-refractivity contribution in [2.45, 2.75) is 11.4 Å². The molecule has 1 amide bonds. The molecule has 4 N–H and O–H groups in total. The van der Waals surface area contributed by atoms with E-state index >= 15 is 0 Å². The summed E-state index contributed by atoms with van der Waals surface area (Å²) in [6.45, 7) is 0.728. The molecule has 32 heavy (non-hydrogen) atoms. The van der Waals surface area contributed by atoms with Crippen LogP contribution < -0.4 is 5.48 Å². The van der Waals surface area contributed by atoms with Crippen LogP contribution in [0.5, 0.6) is 0 Å². The molecule has 0 bridgehead atoms. The van der Waals surface area contributed by atoms with Crippen LogP contribution in [0.25, 0.3) is 6.08 Å². The standard InChI is InChI=1S/C16H19N3O4S.C4H4O4/c1-18(2)11-13-3-6-15(7-4-13)24(22,23)19-10-9-14(12-19)5-8-16(20)17-21;5-3(6)1-2-4(7)8/h3-10,12,21H,11H2,1-2H3,(H,17,20);1-2H,(H,5,6)(H,7,8). The van der Waals surface area contributed by atoms with Gasteiger partial charge < -0.3 is 15.1 Å². The minimum Gasteiger partial charge on any atom is -0.478 e. The van der Waals surface area contributed by atoms with Crippen molar-refractivity contribution in [1.82, 2.24) is 14.4 Å². The van der Waals surface area contributed by atoms with E-state index in [2.05, 4.69) is 0 Å². The van der Waals surface area contributed by atoms with Gasteiger partial charge in [0.05, 0.1) is 4.90 Å². The molecule has 12 heteroatoms. The number of carboxylic acids is 2. The average Bonchev–Trinajstić information content (AvgIpc) is 3.21. The molecule has 1 heterocycles. The molecule has 0 atom stereocenters. The number of rotatable bonds is 8. The molecule has 0 aliphatic rings. The average molecular weight is 465 g/mol. The van der Waals surface area contributed by atoms with Crippen LogP contribution in [0.1, 0.15) is 11.1 Å². The minimum atomic E-state index is -3.69. The first-order valence-corrected chi connectivity index (χ1v) is 10.3. The fourth-order valence-electron chi connectivity index (χ4n) is 2.25. The van der Waals surface area contributed by atoms with Gasteiger partial charge in [0, 0.05) is 37.2 Å². The van der Waals surface area contributed by atoms with E-state index in [4.69, 9.17) is 15.4 Å². The molecule has 1 aromatic carbocycles. The number of benzene rings is 1. The summed E-state index contributed by atoms with van der Waals surface area (Å²) in [5.41, 5.74) is 3.00. The highest BCUT2D eigenvalue weighted by Gasteiger charge is 2.16. The van der Waals surface area contributed by atoms with Gasteiger partial charge in [0.1, 0.15) is 0 Å². The molecule has 2 aromatic rings. The van der Waals surface area contributed by atoms with E-state index in [-0.39, 0.29) is 4.90 Å². The van der Waals surface area contributed by atoms with Gasteiger partial charge >= 0.3 is 11.9 Å². The quantitative estimate of drug-likeness (QED) is 0.253. The molecule has 0 fully saturated rings. The number of carboxylic acid groups (broad SMARTS) is 2. The summed E-state index contributed by atoms with van der Waals surface area (Å²) in [5, 5.41) is 24.0. The number of aliphatic carboxylic acids is 2. The Morgan fingerprint density at radius 2 is 1.56 bits per heavy atom. The van der Waals surface area contributed by atoms with Crippen LogP contribution in [-0.4, -0.2) is 64.7 Å². The topological polar surface area (TPSA) is 166 Å². The van der Waals surface area contributed by atoms with Crippen LogP contribution in [0.3, 0.4) is 0 Å². The number of nitrogens with zero attached hydrogens (tertiary/aromatic N) is 2. The zero-order valence-electron chi connectivity index (χ0n) is 17.2. The van der Waals surface area contributed by atoms with Crippen LogP contribution in [0.4, 0.5) is 0 Å². The predicted octanol–water partition coefficient (Wildman–Crippen LogP) is 1.02. The normalized spacial score (nSPS) is 11.4. The zero-order valence-corrected chi connectivity index (χ0v) is 18.1. The second-order valence-corrected chi connectivity index (χ2v) is 8.32. The third-order valence-electron chi connectivity index (χ3n) is 3.59. The highest BCUT2D eigenvalue weighted by Crippen LogP contribution is 2.17. The van der Waals surface area contributed by atoms with Crippen molar-refractivity contribution in [2.24, 2.45) is 0 Å². The molecule has 0 spiro atoms. The van der Waals surface area contributed by atoms with E-state index in [0.29, 0.717) is 17.7 Å². The summed E-state index contributed by atoms with van der Waals surface area (Å²) < 4.78 is 26.3. The van der Waals surface area contributed by atoms with Crippen molar-refractivity contribution in [1.29, 1.82) is 0 Å². The van der Waals surface area contributed by atoms with Crippen molar-refractivity contribution < 1.29 is 38.2 Å². The van der Waals surface area contributed by atoms with E-state index in [1.54, 1.807) is 30.3 Å². The third-order valence-corrected chi connectivity index (χ3v) is 5.24. The molecule has 0 aliphatic heterocycles. The summed E-state index contributed by atoms with van der Waals surface area (Å²) in [6, 6.07) is 8.26. The van der Waals surface area contributed by atoms with Crippen molar-refractivity contribution in [3.05, 3.63) is 72.1 Å². The molecular weight excluding hydrogens is 442 g/mol. The number of amides is 1. The summed E-state index contributed by atoms with van der Waals surface area (Å²) in [4.78, 5) is 32.2. The maximum Gasteiger partial charge on any atom is 0.328 e. The Morgan fingerprint density at radius 1 is 1.00 bits per heavy atom. The van der Waals surface area contributed by atoms with Crippen molar-refractivity contribution in [3.63, 3.8) is 0 Å². The van der Waals surface area contributed by atoms with Crippen LogP contribution in [-0.2, 0) is 31.0 Å². The summed E-state index contributed by atoms with van der Waals surface area (Å²) in [5.74, 6) is -3.21. The summed E-state index contributed by atoms with van der Waals surface area (Å²) in [6.07, 6.45) is 6.41. The highest BCUT2D eigenvalue weighted by molar-refractivity contribution is 7.90.